The van der Waals surface area contributed by atoms with Crippen LogP contribution in [0.3, 0.4) is 0 Å². The fraction of sp³-hybridized carbons (Fsp3) is 0.571. The molecule has 2 nitrogen and oxygen atoms in total. The summed E-state index contributed by atoms with van der Waals surface area (Å²) >= 11 is 0. The Labute approximate surface area is 96.9 Å². The number of rotatable bonds is 4. The molecular weight excluding hydrogens is 200 g/mol. The number of aliphatic hydroxyl groups excluding tert-OH is 2. The van der Waals surface area contributed by atoms with Crippen LogP contribution in [0.1, 0.15) is 30.0 Å². The van der Waals surface area contributed by atoms with Crippen LogP contribution in [0, 0.1) is 5.41 Å². The summed E-state index contributed by atoms with van der Waals surface area (Å²) in [5.74, 6) is 0. The minimum atomic E-state index is -0.396. The molecule has 2 heteroatoms. The summed E-state index contributed by atoms with van der Waals surface area (Å²) in [5.41, 5.74) is 3.76. The first-order chi connectivity index (χ1) is 7.67. The van der Waals surface area contributed by atoms with Crippen molar-refractivity contribution in [2.45, 2.75) is 32.6 Å². The molecule has 0 aromatic heterocycles. The highest BCUT2D eigenvalue weighted by molar-refractivity contribution is 5.35. The second kappa shape index (κ2) is 4.56. The maximum atomic E-state index is 9.28. The van der Waals surface area contributed by atoms with Crippen LogP contribution < -0.4 is 0 Å². The average Bonchev–Trinajstić information content (AvgIpc) is 2.76. The lowest BCUT2D eigenvalue weighted by Crippen LogP contribution is -2.28. The molecule has 0 radical (unpaired) electrons. The normalized spacial score (nSPS) is 15.2. The van der Waals surface area contributed by atoms with Crippen LogP contribution in [0.15, 0.2) is 18.2 Å². The molecule has 0 fully saturated rings. The van der Waals surface area contributed by atoms with E-state index < -0.39 is 5.41 Å². The summed E-state index contributed by atoms with van der Waals surface area (Å²) in [5, 5.41) is 18.6. The van der Waals surface area contributed by atoms with Crippen LogP contribution >= 0.6 is 0 Å². The van der Waals surface area contributed by atoms with Gasteiger partial charge in [-0.2, -0.15) is 0 Å². The average molecular weight is 220 g/mol. The Hall–Kier alpha value is -0.860. The highest BCUT2D eigenvalue weighted by atomic mass is 16.3. The number of fused-ring (bicyclic) bond motifs is 1. The monoisotopic (exact) mass is 220 g/mol. The van der Waals surface area contributed by atoms with Crippen molar-refractivity contribution in [3.8, 4) is 0 Å². The third kappa shape index (κ3) is 2.28. The van der Waals surface area contributed by atoms with E-state index in [4.69, 9.17) is 0 Å². The van der Waals surface area contributed by atoms with Crippen LogP contribution in [0.5, 0.6) is 0 Å². The number of benzene rings is 1. The van der Waals surface area contributed by atoms with E-state index >= 15 is 0 Å². The predicted octanol–water partition coefficient (Wildman–Crippen LogP) is 1.71. The number of hydrogen-bond acceptors (Lipinski definition) is 2. The first-order valence-corrected chi connectivity index (χ1v) is 5.99. The molecule has 0 aliphatic heterocycles. The van der Waals surface area contributed by atoms with E-state index in [0.717, 1.165) is 6.42 Å². The largest absolute Gasteiger partial charge is 0.396 e. The van der Waals surface area contributed by atoms with Crippen molar-refractivity contribution in [1.82, 2.24) is 0 Å². The Bertz CT molecular complexity index is 367. The molecule has 1 aliphatic carbocycles. The maximum Gasteiger partial charge on any atom is 0.0509 e. The summed E-state index contributed by atoms with van der Waals surface area (Å²) < 4.78 is 0. The van der Waals surface area contributed by atoms with Gasteiger partial charge in [0.05, 0.1) is 13.2 Å². The highest BCUT2D eigenvalue weighted by Crippen LogP contribution is 2.27. The molecule has 2 rings (SSSR count). The zero-order valence-electron chi connectivity index (χ0n) is 9.87. The van der Waals surface area contributed by atoms with E-state index in [9.17, 15) is 10.2 Å². The van der Waals surface area contributed by atoms with Crippen molar-refractivity contribution < 1.29 is 10.2 Å². The Morgan fingerprint density at radius 1 is 1.12 bits per heavy atom. The molecule has 0 heterocycles. The smallest absolute Gasteiger partial charge is 0.0509 e. The van der Waals surface area contributed by atoms with E-state index in [1.807, 2.05) is 6.92 Å². The van der Waals surface area contributed by atoms with Crippen molar-refractivity contribution in [2.75, 3.05) is 13.2 Å². The van der Waals surface area contributed by atoms with Gasteiger partial charge in [-0.15, -0.1) is 0 Å². The fourth-order valence-corrected chi connectivity index (χ4v) is 2.39. The topological polar surface area (TPSA) is 40.5 Å². The summed E-state index contributed by atoms with van der Waals surface area (Å²) in [6.45, 7) is 1.97. The molecule has 88 valence electrons. The minimum Gasteiger partial charge on any atom is -0.396 e. The molecule has 0 saturated heterocycles. The Kier molecular flexibility index (Phi) is 3.31. The molecule has 0 bridgehead atoms. The van der Waals surface area contributed by atoms with Crippen molar-refractivity contribution in [1.29, 1.82) is 0 Å². The standard InChI is InChI=1S/C14H20O2/c1-14(9-15,10-16)8-11-5-6-12-3-2-4-13(12)7-11/h5-7,15-16H,2-4,8-10H2,1H3. The summed E-state index contributed by atoms with van der Waals surface area (Å²) in [4.78, 5) is 0. The lowest BCUT2D eigenvalue weighted by atomic mass is 9.84. The summed E-state index contributed by atoms with van der Waals surface area (Å²) in [6.07, 6.45) is 4.38. The predicted molar refractivity (Wildman–Crippen MR) is 64.4 cm³/mol. The first kappa shape index (κ1) is 11.6. The molecule has 0 saturated carbocycles. The second-order valence-electron chi connectivity index (χ2n) is 5.26. The van der Waals surface area contributed by atoms with Crippen LogP contribution in [-0.2, 0) is 19.3 Å². The lowest BCUT2D eigenvalue weighted by molar-refractivity contribution is 0.0704. The molecule has 0 unspecified atom stereocenters. The van der Waals surface area contributed by atoms with Crippen molar-refractivity contribution in [3.05, 3.63) is 34.9 Å². The highest BCUT2D eigenvalue weighted by Gasteiger charge is 2.23. The van der Waals surface area contributed by atoms with Gasteiger partial charge >= 0.3 is 0 Å². The number of hydrogen-bond donors (Lipinski definition) is 2. The van der Waals surface area contributed by atoms with Crippen molar-refractivity contribution in [2.24, 2.45) is 5.41 Å². The fourth-order valence-electron chi connectivity index (χ4n) is 2.39. The molecule has 16 heavy (non-hydrogen) atoms. The Morgan fingerprint density at radius 3 is 2.50 bits per heavy atom. The number of aliphatic hydroxyl groups is 2. The van der Waals surface area contributed by atoms with E-state index in [-0.39, 0.29) is 13.2 Å². The quantitative estimate of drug-likeness (QED) is 0.811. The zero-order valence-corrected chi connectivity index (χ0v) is 9.87. The molecule has 0 spiro atoms. The molecule has 0 atom stereocenters. The minimum absolute atomic E-state index is 0.0284. The third-order valence-electron chi connectivity index (χ3n) is 3.56. The molecule has 1 aromatic rings. The van der Waals surface area contributed by atoms with Crippen LogP contribution in [0.4, 0.5) is 0 Å². The molecule has 2 N–H and O–H groups in total. The van der Waals surface area contributed by atoms with Gasteiger partial charge < -0.3 is 10.2 Å². The van der Waals surface area contributed by atoms with Gasteiger partial charge in [-0.3, -0.25) is 0 Å². The van der Waals surface area contributed by atoms with Gasteiger partial charge in [-0.25, -0.2) is 0 Å². The summed E-state index contributed by atoms with van der Waals surface area (Å²) in [6, 6.07) is 6.58. The van der Waals surface area contributed by atoms with Gasteiger partial charge in [0.1, 0.15) is 0 Å². The Morgan fingerprint density at radius 2 is 1.81 bits per heavy atom. The van der Waals surface area contributed by atoms with Crippen LogP contribution in [-0.4, -0.2) is 23.4 Å². The van der Waals surface area contributed by atoms with Crippen molar-refractivity contribution in [3.63, 3.8) is 0 Å². The van der Waals surface area contributed by atoms with Gasteiger partial charge in [-0.1, -0.05) is 25.1 Å². The Balaban J connectivity index is 2.16. The van der Waals surface area contributed by atoms with Crippen molar-refractivity contribution >= 4 is 0 Å². The van der Waals surface area contributed by atoms with Gasteiger partial charge in [0.15, 0.2) is 0 Å². The van der Waals surface area contributed by atoms with Gasteiger partial charge in [0, 0.05) is 5.41 Å². The third-order valence-corrected chi connectivity index (χ3v) is 3.56. The zero-order chi connectivity index (χ0) is 11.6. The molecule has 1 aromatic carbocycles. The van der Waals surface area contributed by atoms with E-state index in [1.54, 1.807) is 0 Å². The molecule has 1 aliphatic rings. The van der Waals surface area contributed by atoms with E-state index in [0.29, 0.717) is 0 Å². The SMILES string of the molecule is CC(CO)(CO)Cc1ccc2c(c1)CCC2. The van der Waals surface area contributed by atoms with E-state index in [2.05, 4.69) is 18.2 Å². The van der Waals surface area contributed by atoms with Crippen LogP contribution in [0.25, 0.3) is 0 Å². The van der Waals surface area contributed by atoms with Crippen LogP contribution in [0.2, 0.25) is 0 Å². The lowest BCUT2D eigenvalue weighted by Gasteiger charge is -2.24. The number of aryl methyl sites for hydroxylation is 2. The van der Waals surface area contributed by atoms with Gasteiger partial charge in [-0.05, 0) is 42.4 Å². The van der Waals surface area contributed by atoms with Gasteiger partial charge in [0.25, 0.3) is 0 Å². The van der Waals surface area contributed by atoms with E-state index in [1.165, 1.54) is 36.0 Å². The molecular formula is C14H20O2. The maximum absolute atomic E-state index is 9.28. The molecule has 0 amide bonds. The summed E-state index contributed by atoms with van der Waals surface area (Å²) in [7, 11) is 0. The first-order valence-electron chi connectivity index (χ1n) is 5.99. The second-order valence-corrected chi connectivity index (χ2v) is 5.26. The van der Waals surface area contributed by atoms with Gasteiger partial charge in [0.2, 0.25) is 0 Å².